The Bertz CT molecular complexity index is 1510. The fourth-order valence-electron chi connectivity index (χ4n) is 4.01. The van der Waals surface area contributed by atoms with Crippen molar-refractivity contribution in [1.82, 2.24) is 0 Å². The van der Waals surface area contributed by atoms with E-state index < -0.39 is 41.1 Å². The van der Waals surface area contributed by atoms with Gasteiger partial charge in [0.1, 0.15) is 6.10 Å². The summed E-state index contributed by atoms with van der Waals surface area (Å²) in [6.07, 6.45) is 3.32. The maximum atomic E-state index is 14.8. The summed E-state index contributed by atoms with van der Waals surface area (Å²) in [7, 11) is 0. The Labute approximate surface area is 210 Å². The number of esters is 1. The first-order valence-corrected chi connectivity index (χ1v) is 11.5. The molecule has 1 aliphatic heterocycles. The van der Waals surface area contributed by atoms with Crippen molar-refractivity contribution in [3.8, 4) is 28.0 Å². The molecule has 0 spiro atoms. The Morgan fingerprint density at radius 1 is 0.784 bits per heavy atom. The average molecular weight is 504 g/mol. The van der Waals surface area contributed by atoms with E-state index in [9.17, 15) is 22.4 Å². The van der Waals surface area contributed by atoms with Crippen LogP contribution in [-0.2, 0) is 4.74 Å². The summed E-state index contributed by atoms with van der Waals surface area (Å²) >= 11 is 0. The Balaban J connectivity index is 1.33. The van der Waals surface area contributed by atoms with Gasteiger partial charge in [-0.1, -0.05) is 60.7 Å². The van der Waals surface area contributed by atoms with E-state index >= 15 is 0 Å². The molecular weight excluding hydrogens is 484 g/mol. The lowest BCUT2D eigenvalue weighted by Crippen LogP contribution is -2.10. The lowest BCUT2D eigenvalue weighted by molar-refractivity contribution is 0.0726. The van der Waals surface area contributed by atoms with E-state index in [0.29, 0.717) is 17.7 Å². The summed E-state index contributed by atoms with van der Waals surface area (Å²) < 4.78 is 68.5. The van der Waals surface area contributed by atoms with E-state index in [1.807, 2.05) is 19.1 Å². The molecule has 0 saturated carbocycles. The van der Waals surface area contributed by atoms with Crippen LogP contribution in [0.25, 0.3) is 28.3 Å². The second kappa shape index (κ2) is 10.0. The molecule has 5 rings (SSSR count). The third kappa shape index (κ3) is 4.90. The predicted octanol–water partition coefficient (Wildman–Crippen LogP) is 7.90. The van der Waals surface area contributed by atoms with Crippen LogP contribution < -0.4 is 4.74 Å². The van der Waals surface area contributed by atoms with Crippen molar-refractivity contribution in [1.29, 1.82) is 0 Å². The van der Waals surface area contributed by atoms with Crippen LogP contribution in [0, 0.1) is 23.3 Å². The molecule has 0 bridgehead atoms. The minimum atomic E-state index is -1.29. The van der Waals surface area contributed by atoms with Crippen LogP contribution in [-0.4, -0.2) is 12.6 Å². The van der Waals surface area contributed by atoms with Gasteiger partial charge in [-0.05, 0) is 47.9 Å². The third-order valence-electron chi connectivity index (χ3n) is 6.05. The van der Waals surface area contributed by atoms with Crippen LogP contribution >= 0.6 is 0 Å². The monoisotopic (exact) mass is 504 g/mol. The SMILES string of the molecule is C/C=C/c1ccc(-c2ccc(OC(=O)c3ccc(-c4ccc(C5CO5)c(F)c4F)cc3)c(F)c2F)cc1. The number of allylic oxidation sites excluding steroid dienone is 1. The van der Waals surface area contributed by atoms with Crippen molar-refractivity contribution in [2.45, 2.75) is 13.0 Å². The fraction of sp³-hybridized carbons (Fsp3) is 0.100. The van der Waals surface area contributed by atoms with E-state index in [1.54, 1.807) is 24.3 Å². The second-order valence-electron chi connectivity index (χ2n) is 8.48. The van der Waals surface area contributed by atoms with E-state index in [4.69, 9.17) is 9.47 Å². The smallest absolute Gasteiger partial charge is 0.343 e. The van der Waals surface area contributed by atoms with Crippen molar-refractivity contribution < 1.29 is 31.8 Å². The van der Waals surface area contributed by atoms with Crippen molar-refractivity contribution in [2.75, 3.05) is 6.61 Å². The normalized spacial score (nSPS) is 14.7. The maximum Gasteiger partial charge on any atom is 0.343 e. The molecule has 0 aliphatic carbocycles. The topological polar surface area (TPSA) is 38.8 Å². The number of ether oxygens (including phenoxy) is 2. The Morgan fingerprint density at radius 3 is 1.95 bits per heavy atom. The zero-order valence-corrected chi connectivity index (χ0v) is 19.6. The molecule has 0 aromatic heterocycles. The van der Waals surface area contributed by atoms with Gasteiger partial charge in [0, 0.05) is 16.7 Å². The summed E-state index contributed by atoms with van der Waals surface area (Å²) in [6, 6.07) is 17.8. The zero-order valence-electron chi connectivity index (χ0n) is 19.6. The molecule has 0 amide bonds. The Hall–Kier alpha value is -4.23. The van der Waals surface area contributed by atoms with Gasteiger partial charge >= 0.3 is 5.97 Å². The lowest BCUT2D eigenvalue weighted by atomic mass is 10.0. The molecule has 1 saturated heterocycles. The Kier molecular flexibility index (Phi) is 6.63. The first kappa shape index (κ1) is 24.5. The number of rotatable bonds is 6. The highest BCUT2D eigenvalue weighted by Gasteiger charge is 2.30. The van der Waals surface area contributed by atoms with Crippen molar-refractivity contribution >= 4 is 12.0 Å². The molecule has 1 atom stereocenters. The van der Waals surface area contributed by atoms with Gasteiger partial charge in [0.2, 0.25) is 5.82 Å². The van der Waals surface area contributed by atoms with E-state index in [2.05, 4.69) is 0 Å². The Morgan fingerprint density at radius 2 is 1.35 bits per heavy atom. The highest BCUT2D eigenvalue weighted by molar-refractivity contribution is 5.91. The van der Waals surface area contributed by atoms with Crippen LogP contribution in [0.3, 0.4) is 0 Å². The number of benzene rings is 4. The molecule has 3 nitrogen and oxygen atoms in total. The molecule has 0 N–H and O–H groups in total. The second-order valence-corrected chi connectivity index (χ2v) is 8.48. The van der Waals surface area contributed by atoms with Crippen molar-refractivity contribution in [2.24, 2.45) is 0 Å². The maximum absolute atomic E-state index is 14.8. The van der Waals surface area contributed by atoms with Gasteiger partial charge in [-0.2, -0.15) is 4.39 Å². The minimum Gasteiger partial charge on any atom is -0.420 e. The molecule has 1 aliphatic rings. The van der Waals surface area contributed by atoms with Gasteiger partial charge in [-0.3, -0.25) is 0 Å². The molecule has 1 heterocycles. The first-order chi connectivity index (χ1) is 17.9. The standard InChI is InChI=1S/C30H20F4O3/c1-2-3-17-4-6-18(7-5-17)22-14-15-24(29(34)27(22)32)37-30(35)20-10-8-19(9-11-20)21-12-13-23(25-16-36-25)28(33)26(21)31/h2-15,25H,16H2,1H3/b3-2+. The van der Waals surface area contributed by atoms with Gasteiger partial charge in [0.25, 0.3) is 0 Å². The van der Waals surface area contributed by atoms with E-state index in [0.717, 1.165) is 5.56 Å². The van der Waals surface area contributed by atoms with Crippen molar-refractivity contribution in [3.05, 3.63) is 119 Å². The molecule has 1 unspecified atom stereocenters. The highest BCUT2D eigenvalue weighted by atomic mass is 19.2. The number of epoxide rings is 1. The fourth-order valence-corrected chi connectivity index (χ4v) is 4.01. The quantitative estimate of drug-likeness (QED) is 0.116. The van der Waals surface area contributed by atoms with Gasteiger partial charge in [0.15, 0.2) is 23.2 Å². The molecular formula is C30H20F4O3. The molecule has 1 fully saturated rings. The average Bonchev–Trinajstić information content (AvgIpc) is 3.75. The third-order valence-corrected chi connectivity index (χ3v) is 6.05. The zero-order chi connectivity index (χ0) is 26.1. The van der Waals surface area contributed by atoms with Crippen LogP contribution in [0.15, 0.2) is 78.9 Å². The highest BCUT2D eigenvalue weighted by Crippen LogP contribution is 2.36. The summed E-state index contributed by atoms with van der Waals surface area (Å²) in [5.74, 6) is -5.92. The lowest BCUT2D eigenvalue weighted by Gasteiger charge is -2.11. The molecule has 37 heavy (non-hydrogen) atoms. The van der Waals surface area contributed by atoms with Crippen molar-refractivity contribution in [3.63, 3.8) is 0 Å². The van der Waals surface area contributed by atoms with Crippen LogP contribution in [0.4, 0.5) is 17.6 Å². The van der Waals surface area contributed by atoms with Gasteiger partial charge in [0.05, 0.1) is 12.2 Å². The first-order valence-electron chi connectivity index (χ1n) is 11.5. The molecule has 186 valence electrons. The van der Waals surface area contributed by atoms with E-state index in [1.165, 1.54) is 48.5 Å². The molecule has 4 aromatic carbocycles. The summed E-state index contributed by atoms with van der Waals surface area (Å²) in [6.45, 7) is 2.23. The molecule has 0 radical (unpaired) electrons. The summed E-state index contributed by atoms with van der Waals surface area (Å²) in [5.41, 5.74) is 1.95. The number of carbonyl (C=O) groups excluding carboxylic acids is 1. The predicted molar refractivity (Wildman–Crippen MR) is 132 cm³/mol. The van der Waals surface area contributed by atoms with Crippen LogP contribution in [0.5, 0.6) is 5.75 Å². The summed E-state index contributed by atoms with van der Waals surface area (Å²) in [4.78, 5) is 12.6. The van der Waals surface area contributed by atoms with Crippen LogP contribution in [0.2, 0.25) is 0 Å². The minimum absolute atomic E-state index is 0.0178. The number of hydrogen-bond acceptors (Lipinski definition) is 3. The van der Waals surface area contributed by atoms with Crippen LogP contribution in [0.1, 0.15) is 34.5 Å². The van der Waals surface area contributed by atoms with E-state index in [-0.39, 0.29) is 22.3 Å². The summed E-state index contributed by atoms with van der Waals surface area (Å²) in [5, 5.41) is 0. The number of carbonyl (C=O) groups is 1. The van der Waals surface area contributed by atoms with Gasteiger partial charge in [-0.25, -0.2) is 18.0 Å². The molecule has 4 aromatic rings. The number of hydrogen-bond donors (Lipinski definition) is 0. The largest absolute Gasteiger partial charge is 0.420 e. The number of halogens is 4. The molecule has 7 heteroatoms. The van der Waals surface area contributed by atoms with Gasteiger partial charge in [-0.15, -0.1) is 0 Å². The van der Waals surface area contributed by atoms with Gasteiger partial charge < -0.3 is 9.47 Å².